The summed E-state index contributed by atoms with van der Waals surface area (Å²) < 4.78 is 5.73. The molecule has 0 saturated carbocycles. The molecule has 136 valence electrons. The molecule has 7 heteroatoms. The molecule has 0 aliphatic carbocycles. The molecule has 2 amide bonds. The van der Waals surface area contributed by atoms with Crippen molar-refractivity contribution >= 4 is 39.8 Å². The quantitative estimate of drug-likeness (QED) is 0.508. The number of nitrogens with one attached hydrogen (secondary N) is 2. The molecule has 1 rings (SSSR count). The molecule has 0 bridgehead atoms. The van der Waals surface area contributed by atoms with E-state index in [1.54, 1.807) is 13.0 Å². The number of carbonyl (C=O) groups is 3. The second-order valence-electron chi connectivity index (χ2n) is 5.55. The Hall–Kier alpha value is -2.15. The summed E-state index contributed by atoms with van der Waals surface area (Å²) in [4.78, 5) is 35.0. The van der Waals surface area contributed by atoms with Crippen molar-refractivity contribution in [2.45, 2.75) is 33.2 Å². The molecule has 0 heterocycles. The fourth-order valence-corrected chi connectivity index (χ4v) is 2.49. The van der Waals surface area contributed by atoms with Crippen LogP contribution in [0.1, 0.15) is 31.4 Å². The summed E-state index contributed by atoms with van der Waals surface area (Å²) in [7, 11) is 0. The van der Waals surface area contributed by atoms with Gasteiger partial charge < -0.3 is 15.4 Å². The number of aryl methyl sites for hydroxylation is 1. The second-order valence-corrected chi connectivity index (χ2v) is 6.40. The molecule has 0 saturated heterocycles. The van der Waals surface area contributed by atoms with E-state index in [1.165, 1.54) is 6.08 Å². The molecule has 0 spiro atoms. The lowest BCUT2D eigenvalue weighted by atomic mass is 10.1. The smallest absolute Gasteiger partial charge is 0.331 e. The normalized spacial score (nSPS) is 11.8. The average molecular weight is 411 g/mol. The Morgan fingerprint density at radius 2 is 2.04 bits per heavy atom. The fraction of sp³-hybridized carbons (Fsp3) is 0.389. The van der Waals surface area contributed by atoms with Crippen LogP contribution in [-0.2, 0) is 19.1 Å². The summed E-state index contributed by atoms with van der Waals surface area (Å²) in [5, 5.41) is 5.15. The van der Waals surface area contributed by atoms with Gasteiger partial charge in [-0.15, -0.1) is 0 Å². The third-order valence-corrected chi connectivity index (χ3v) is 3.91. The molecule has 0 aliphatic rings. The maximum Gasteiger partial charge on any atom is 0.331 e. The predicted molar refractivity (Wildman–Crippen MR) is 99.8 cm³/mol. The maximum absolute atomic E-state index is 11.7. The Bertz CT molecular complexity index is 658. The molecule has 25 heavy (non-hydrogen) atoms. The van der Waals surface area contributed by atoms with E-state index < -0.39 is 24.5 Å². The zero-order chi connectivity index (χ0) is 18.8. The molecule has 6 nitrogen and oxygen atoms in total. The van der Waals surface area contributed by atoms with Crippen LogP contribution in [0.5, 0.6) is 0 Å². The standard InChI is InChI=1S/C18H23BrN2O4/c1-4-9-20-18(24)13(3)21-16(22)11-25-17(23)8-7-14-6-5-12(2)10-15(14)19/h5-8,10,13H,4,9,11H2,1-3H3,(H,20,24)(H,21,22)/b8-7+/t13-/m1/s1. The molecule has 1 aromatic rings. The number of ether oxygens (including phenoxy) is 1. The van der Waals surface area contributed by atoms with Crippen LogP contribution in [0, 0.1) is 6.92 Å². The van der Waals surface area contributed by atoms with Gasteiger partial charge in [0.25, 0.3) is 5.91 Å². The van der Waals surface area contributed by atoms with Gasteiger partial charge in [0.1, 0.15) is 6.04 Å². The molecular formula is C18H23BrN2O4. The molecule has 1 atom stereocenters. The van der Waals surface area contributed by atoms with Crippen LogP contribution in [0.25, 0.3) is 6.08 Å². The molecule has 2 N–H and O–H groups in total. The monoisotopic (exact) mass is 410 g/mol. The van der Waals surface area contributed by atoms with Crippen molar-refractivity contribution in [3.05, 3.63) is 39.9 Å². The lowest BCUT2D eigenvalue weighted by Gasteiger charge is -2.13. The van der Waals surface area contributed by atoms with Crippen LogP contribution >= 0.6 is 15.9 Å². The number of esters is 1. The minimum Gasteiger partial charge on any atom is -0.452 e. The summed E-state index contributed by atoms with van der Waals surface area (Å²) in [6.07, 6.45) is 3.66. The number of halogens is 1. The van der Waals surface area contributed by atoms with Crippen molar-refractivity contribution in [1.82, 2.24) is 10.6 Å². The van der Waals surface area contributed by atoms with Crippen LogP contribution < -0.4 is 10.6 Å². The zero-order valence-corrected chi connectivity index (χ0v) is 16.2. The van der Waals surface area contributed by atoms with Crippen LogP contribution in [0.2, 0.25) is 0 Å². The molecular weight excluding hydrogens is 388 g/mol. The van der Waals surface area contributed by atoms with Crippen molar-refractivity contribution < 1.29 is 19.1 Å². The van der Waals surface area contributed by atoms with Gasteiger partial charge in [-0.3, -0.25) is 9.59 Å². The number of hydrogen-bond donors (Lipinski definition) is 2. The molecule has 0 radical (unpaired) electrons. The van der Waals surface area contributed by atoms with Crippen molar-refractivity contribution in [2.75, 3.05) is 13.2 Å². The third kappa shape index (κ3) is 7.98. The van der Waals surface area contributed by atoms with Crippen molar-refractivity contribution in [2.24, 2.45) is 0 Å². The highest BCUT2D eigenvalue weighted by Gasteiger charge is 2.15. The van der Waals surface area contributed by atoms with E-state index in [0.29, 0.717) is 6.54 Å². The van der Waals surface area contributed by atoms with Crippen LogP contribution in [0.3, 0.4) is 0 Å². The van der Waals surface area contributed by atoms with Crippen LogP contribution in [-0.4, -0.2) is 37.0 Å². The van der Waals surface area contributed by atoms with E-state index in [0.717, 1.165) is 22.0 Å². The molecule has 1 aromatic carbocycles. The molecule has 0 aliphatic heterocycles. The van der Waals surface area contributed by atoms with Gasteiger partial charge in [-0.25, -0.2) is 4.79 Å². The van der Waals surface area contributed by atoms with Gasteiger partial charge in [0, 0.05) is 17.1 Å². The van der Waals surface area contributed by atoms with Crippen molar-refractivity contribution in [1.29, 1.82) is 0 Å². The maximum atomic E-state index is 11.7. The summed E-state index contributed by atoms with van der Waals surface area (Å²) in [5.74, 6) is -1.44. The minimum absolute atomic E-state index is 0.273. The van der Waals surface area contributed by atoms with Crippen LogP contribution in [0.15, 0.2) is 28.7 Å². The van der Waals surface area contributed by atoms with Crippen molar-refractivity contribution in [3.8, 4) is 0 Å². The lowest BCUT2D eigenvalue weighted by molar-refractivity contribution is -0.144. The van der Waals surface area contributed by atoms with E-state index in [9.17, 15) is 14.4 Å². The highest BCUT2D eigenvalue weighted by Crippen LogP contribution is 2.19. The number of hydrogen-bond acceptors (Lipinski definition) is 4. The first kappa shape index (κ1) is 20.9. The van der Waals surface area contributed by atoms with Crippen molar-refractivity contribution in [3.63, 3.8) is 0 Å². The highest BCUT2D eigenvalue weighted by atomic mass is 79.9. The van der Waals surface area contributed by atoms with Gasteiger partial charge in [0.15, 0.2) is 6.61 Å². The van der Waals surface area contributed by atoms with Gasteiger partial charge >= 0.3 is 5.97 Å². The predicted octanol–water partition coefficient (Wildman–Crippen LogP) is 2.34. The lowest BCUT2D eigenvalue weighted by Crippen LogP contribution is -2.46. The number of carbonyl (C=O) groups excluding carboxylic acids is 3. The average Bonchev–Trinajstić information content (AvgIpc) is 2.56. The molecule has 0 fully saturated rings. The van der Waals surface area contributed by atoms with E-state index >= 15 is 0 Å². The Balaban J connectivity index is 2.41. The Morgan fingerprint density at radius 1 is 1.32 bits per heavy atom. The second kappa shape index (κ2) is 10.7. The fourth-order valence-electron chi connectivity index (χ4n) is 1.86. The van der Waals surface area contributed by atoms with Gasteiger partial charge in [0.05, 0.1) is 0 Å². The Morgan fingerprint density at radius 3 is 2.68 bits per heavy atom. The molecule has 0 aromatic heterocycles. The number of benzene rings is 1. The Labute approximate surface area is 156 Å². The van der Waals surface area contributed by atoms with E-state index in [1.807, 2.05) is 32.0 Å². The number of amides is 2. The zero-order valence-electron chi connectivity index (χ0n) is 14.6. The van der Waals surface area contributed by atoms with Crippen LogP contribution in [0.4, 0.5) is 0 Å². The number of rotatable bonds is 8. The summed E-state index contributed by atoms with van der Waals surface area (Å²) >= 11 is 3.41. The van der Waals surface area contributed by atoms with E-state index in [-0.39, 0.29) is 5.91 Å². The Kier molecular flexibility index (Phi) is 8.91. The minimum atomic E-state index is -0.684. The third-order valence-electron chi connectivity index (χ3n) is 3.22. The summed E-state index contributed by atoms with van der Waals surface area (Å²) in [5.41, 5.74) is 1.92. The van der Waals surface area contributed by atoms with Gasteiger partial charge in [0.2, 0.25) is 5.91 Å². The van der Waals surface area contributed by atoms with Gasteiger partial charge in [-0.2, -0.15) is 0 Å². The largest absolute Gasteiger partial charge is 0.452 e. The van der Waals surface area contributed by atoms with E-state index in [4.69, 9.17) is 4.74 Å². The van der Waals surface area contributed by atoms with E-state index in [2.05, 4.69) is 26.6 Å². The first-order chi connectivity index (χ1) is 11.8. The topological polar surface area (TPSA) is 84.5 Å². The SMILES string of the molecule is CCCNC(=O)[C@@H](C)NC(=O)COC(=O)/C=C/c1ccc(C)cc1Br. The highest BCUT2D eigenvalue weighted by molar-refractivity contribution is 9.10. The first-order valence-corrected chi connectivity index (χ1v) is 8.80. The summed E-state index contributed by atoms with van der Waals surface area (Å²) in [6.45, 7) is 5.58. The van der Waals surface area contributed by atoms with Gasteiger partial charge in [-0.05, 0) is 43.5 Å². The first-order valence-electron chi connectivity index (χ1n) is 8.01. The van der Waals surface area contributed by atoms with Gasteiger partial charge in [-0.1, -0.05) is 35.0 Å². The molecule has 0 unspecified atom stereocenters. The summed E-state index contributed by atoms with van der Waals surface area (Å²) in [6, 6.07) is 5.04.